The minimum Gasteiger partial charge on any atom is -0.366 e. The number of hydrogen-bond acceptors (Lipinski definition) is 5. The van der Waals surface area contributed by atoms with Gasteiger partial charge in [-0.2, -0.15) is 5.10 Å². The molecular formula is C17H27N5O3. The van der Waals surface area contributed by atoms with Crippen LogP contribution in [0, 0.1) is 5.92 Å². The maximum atomic E-state index is 13.1. The molecule has 2 fully saturated rings. The highest BCUT2D eigenvalue weighted by Crippen LogP contribution is 2.29. The number of morpholine rings is 1. The minimum absolute atomic E-state index is 0.0124. The summed E-state index contributed by atoms with van der Waals surface area (Å²) in [6.45, 7) is 4.87. The van der Waals surface area contributed by atoms with Crippen molar-refractivity contribution in [3.05, 3.63) is 11.6 Å². The van der Waals surface area contributed by atoms with Crippen LogP contribution in [0.4, 0.5) is 0 Å². The van der Waals surface area contributed by atoms with Gasteiger partial charge in [-0.05, 0) is 18.8 Å². The van der Waals surface area contributed by atoms with Gasteiger partial charge in [0.2, 0.25) is 11.8 Å². The van der Waals surface area contributed by atoms with Crippen LogP contribution in [0.1, 0.15) is 57.3 Å². The molecule has 3 rings (SSSR count). The minimum atomic E-state index is -0.433. The summed E-state index contributed by atoms with van der Waals surface area (Å²) in [7, 11) is 0. The predicted octanol–water partition coefficient (Wildman–Crippen LogP) is 0.962. The van der Waals surface area contributed by atoms with E-state index in [1.165, 1.54) is 6.92 Å². The van der Waals surface area contributed by atoms with E-state index >= 15 is 0 Å². The fourth-order valence-corrected chi connectivity index (χ4v) is 3.71. The summed E-state index contributed by atoms with van der Waals surface area (Å²) in [5.41, 5.74) is 0. The zero-order chi connectivity index (χ0) is 17.8. The van der Waals surface area contributed by atoms with E-state index in [1.54, 1.807) is 4.90 Å². The Hall–Kier alpha value is -1.96. The molecule has 2 heterocycles. The number of amides is 2. The first-order valence-corrected chi connectivity index (χ1v) is 9.17. The first-order chi connectivity index (χ1) is 12.1. The number of hydrogen-bond donors (Lipinski definition) is 2. The maximum absolute atomic E-state index is 13.1. The molecule has 8 heteroatoms. The average Bonchev–Trinajstić information content (AvgIpc) is 3.30. The largest absolute Gasteiger partial charge is 0.366 e. The zero-order valence-electron chi connectivity index (χ0n) is 15.0. The van der Waals surface area contributed by atoms with Crippen molar-refractivity contribution in [2.45, 2.75) is 58.1 Å². The van der Waals surface area contributed by atoms with Crippen LogP contribution < -0.4 is 5.32 Å². The highest BCUT2D eigenvalue weighted by molar-refractivity contribution is 5.87. The van der Waals surface area contributed by atoms with Gasteiger partial charge in [-0.15, -0.1) is 0 Å². The zero-order valence-corrected chi connectivity index (χ0v) is 15.0. The molecule has 8 nitrogen and oxygen atoms in total. The van der Waals surface area contributed by atoms with Crippen molar-refractivity contribution < 1.29 is 14.3 Å². The number of nitrogens with zero attached hydrogens (tertiary/aromatic N) is 3. The normalized spacial score (nSPS) is 22.8. The van der Waals surface area contributed by atoms with Crippen molar-refractivity contribution in [1.29, 1.82) is 0 Å². The molecule has 0 spiro atoms. The molecule has 2 aliphatic rings. The third-order valence-corrected chi connectivity index (χ3v) is 5.05. The summed E-state index contributed by atoms with van der Waals surface area (Å²) < 4.78 is 5.76. The summed E-state index contributed by atoms with van der Waals surface area (Å²) in [4.78, 5) is 30.9. The van der Waals surface area contributed by atoms with Gasteiger partial charge in [0.1, 0.15) is 18.0 Å². The van der Waals surface area contributed by atoms with E-state index in [4.69, 9.17) is 4.74 Å². The van der Waals surface area contributed by atoms with Crippen molar-refractivity contribution in [2.24, 2.45) is 5.92 Å². The van der Waals surface area contributed by atoms with Gasteiger partial charge >= 0.3 is 0 Å². The highest BCUT2D eigenvalue weighted by Gasteiger charge is 2.37. The molecular weight excluding hydrogens is 322 g/mol. The van der Waals surface area contributed by atoms with Crippen molar-refractivity contribution in [3.8, 4) is 0 Å². The van der Waals surface area contributed by atoms with E-state index in [-0.39, 0.29) is 23.8 Å². The number of carbonyl (C=O) groups excluding carboxylic acids is 2. The quantitative estimate of drug-likeness (QED) is 0.825. The van der Waals surface area contributed by atoms with E-state index in [2.05, 4.69) is 20.5 Å². The smallest absolute Gasteiger partial charge is 0.245 e. The van der Waals surface area contributed by atoms with Gasteiger partial charge in [0.05, 0.1) is 13.2 Å². The van der Waals surface area contributed by atoms with Crippen molar-refractivity contribution in [3.63, 3.8) is 0 Å². The summed E-state index contributed by atoms with van der Waals surface area (Å²) >= 11 is 0. The molecule has 1 saturated heterocycles. The third-order valence-electron chi connectivity index (χ3n) is 5.05. The summed E-state index contributed by atoms with van der Waals surface area (Å²) in [5, 5.41) is 9.97. The Balaban J connectivity index is 1.69. The van der Waals surface area contributed by atoms with Crippen LogP contribution in [-0.4, -0.2) is 57.6 Å². The van der Waals surface area contributed by atoms with Crippen LogP contribution in [-0.2, 0) is 20.7 Å². The van der Waals surface area contributed by atoms with Crippen molar-refractivity contribution in [1.82, 2.24) is 25.4 Å². The second-order valence-corrected chi connectivity index (χ2v) is 6.86. The molecule has 1 aliphatic carbocycles. The van der Waals surface area contributed by atoms with Crippen LogP contribution in [0.3, 0.4) is 0 Å². The molecule has 25 heavy (non-hydrogen) atoms. The summed E-state index contributed by atoms with van der Waals surface area (Å²) in [6, 6.07) is -0.433. The lowest BCUT2D eigenvalue weighted by molar-refractivity contribution is -0.144. The van der Waals surface area contributed by atoms with Gasteiger partial charge < -0.3 is 15.0 Å². The number of rotatable bonds is 5. The van der Waals surface area contributed by atoms with E-state index in [1.807, 2.05) is 6.92 Å². The van der Waals surface area contributed by atoms with Crippen LogP contribution in [0.25, 0.3) is 0 Å². The van der Waals surface area contributed by atoms with Gasteiger partial charge in [0.15, 0.2) is 5.82 Å². The highest BCUT2D eigenvalue weighted by atomic mass is 16.5. The number of aromatic nitrogens is 3. The standard InChI is InChI=1S/C17H27N5O3/c1-3-14-19-16(21-20-14)13-10-22(8-9-25-13)17(24)15(18-11(2)23)12-6-4-5-7-12/h12-13,15H,3-10H2,1-2H3,(H,18,23)(H,19,20,21). The van der Waals surface area contributed by atoms with Gasteiger partial charge in [-0.3, -0.25) is 14.7 Å². The number of nitrogens with one attached hydrogen (secondary N) is 2. The fourth-order valence-electron chi connectivity index (χ4n) is 3.71. The van der Waals surface area contributed by atoms with E-state index < -0.39 is 6.04 Å². The molecule has 2 N–H and O–H groups in total. The van der Waals surface area contributed by atoms with Gasteiger partial charge in [0, 0.05) is 19.9 Å². The van der Waals surface area contributed by atoms with Crippen LogP contribution in [0.5, 0.6) is 0 Å². The second-order valence-electron chi connectivity index (χ2n) is 6.86. The molecule has 1 saturated carbocycles. The van der Waals surface area contributed by atoms with Crippen molar-refractivity contribution in [2.75, 3.05) is 19.7 Å². The average molecular weight is 349 g/mol. The Morgan fingerprint density at radius 2 is 2.16 bits per heavy atom. The molecule has 2 unspecified atom stereocenters. The monoisotopic (exact) mass is 349 g/mol. The molecule has 2 amide bonds. The van der Waals surface area contributed by atoms with Crippen LogP contribution >= 0.6 is 0 Å². The molecule has 138 valence electrons. The number of ether oxygens (including phenoxy) is 1. The predicted molar refractivity (Wildman–Crippen MR) is 90.6 cm³/mol. The SMILES string of the molecule is CCc1nc(C2CN(C(=O)C(NC(C)=O)C3CCCC3)CCO2)n[nH]1. The molecule has 1 aromatic heterocycles. The Kier molecular flexibility index (Phi) is 5.67. The number of carbonyl (C=O) groups is 2. The van der Waals surface area contributed by atoms with E-state index in [0.29, 0.717) is 25.5 Å². The molecule has 0 aromatic carbocycles. The number of aromatic amines is 1. The first kappa shape index (κ1) is 17.8. The second kappa shape index (κ2) is 7.95. The molecule has 0 bridgehead atoms. The number of aryl methyl sites for hydroxylation is 1. The van der Waals surface area contributed by atoms with E-state index in [0.717, 1.165) is 37.9 Å². The maximum Gasteiger partial charge on any atom is 0.245 e. The topological polar surface area (TPSA) is 100 Å². The lowest BCUT2D eigenvalue weighted by Crippen LogP contribution is -2.54. The lowest BCUT2D eigenvalue weighted by atomic mass is 9.96. The van der Waals surface area contributed by atoms with Gasteiger partial charge in [0.25, 0.3) is 0 Å². The lowest BCUT2D eigenvalue weighted by Gasteiger charge is -2.35. The van der Waals surface area contributed by atoms with Crippen molar-refractivity contribution >= 4 is 11.8 Å². The van der Waals surface area contributed by atoms with Crippen LogP contribution in [0.15, 0.2) is 0 Å². The summed E-state index contributed by atoms with van der Waals surface area (Å²) in [5.74, 6) is 1.46. The summed E-state index contributed by atoms with van der Waals surface area (Å²) in [6.07, 6.45) is 4.68. The molecule has 2 atom stereocenters. The Labute approximate surface area is 147 Å². The molecule has 0 radical (unpaired) electrons. The Bertz CT molecular complexity index is 611. The van der Waals surface area contributed by atoms with E-state index in [9.17, 15) is 9.59 Å². The first-order valence-electron chi connectivity index (χ1n) is 9.17. The van der Waals surface area contributed by atoms with Gasteiger partial charge in [-0.1, -0.05) is 19.8 Å². The third kappa shape index (κ3) is 4.18. The van der Waals surface area contributed by atoms with Crippen LogP contribution in [0.2, 0.25) is 0 Å². The number of H-pyrrole nitrogens is 1. The fraction of sp³-hybridized carbons (Fsp3) is 0.765. The molecule has 1 aliphatic heterocycles. The Morgan fingerprint density at radius 1 is 1.40 bits per heavy atom. The molecule has 1 aromatic rings. The van der Waals surface area contributed by atoms with Gasteiger partial charge in [-0.25, -0.2) is 4.98 Å². The Morgan fingerprint density at radius 3 is 2.80 bits per heavy atom.